The van der Waals surface area contributed by atoms with Crippen molar-refractivity contribution in [2.75, 3.05) is 29.7 Å². The van der Waals surface area contributed by atoms with E-state index in [-0.39, 0.29) is 49.3 Å². The Hall–Kier alpha value is -3.82. The van der Waals surface area contributed by atoms with E-state index in [1.807, 2.05) is 36.4 Å². The molecule has 3 aromatic rings. The molecule has 0 aliphatic carbocycles. The second-order valence-electron chi connectivity index (χ2n) is 8.84. The third-order valence-corrected chi connectivity index (χ3v) is 6.20. The number of esters is 2. The highest BCUT2D eigenvalue weighted by molar-refractivity contribution is 6.18. The van der Waals surface area contributed by atoms with Crippen LogP contribution in [-0.2, 0) is 32.3 Å². The lowest BCUT2D eigenvalue weighted by molar-refractivity contribution is -0.148. The minimum Gasteiger partial charge on any atom is -0.461 e. The number of halogens is 3. The number of hydrogen-bond acceptors (Lipinski definition) is 7. The lowest BCUT2D eigenvalue weighted by Crippen LogP contribution is -2.43. The number of hydrogen-bond donors (Lipinski definition) is 1. The predicted molar refractivity (Wildman–Crippen MR) is 155 cm³/mol. The Morgan fingerprint density at radius 1 is 0.829 bits per heavy atom. The standard InChI is InChI=1S/C30H31Cl2FN2O6/c31-15-17-35(18-16-32)27-13-11-24(19-25(27)33)41-30(38)34-26(29(37)40-21-23-9-5-2-6-10-23)12-14-28(36)39-20-22-7-3-1-4-8-22/h1-11,13,19,26H,12,14-18,20-21H2,(H,34,38)/t26-/m0/s1. The van der Waals surface area contributed by atoms with Gasteiger partial charge in [0.1, 0.15) is 30.8 Å². The van der Waals surface area contributed by atoms with Crippen LogP contribution in [0.25, 0.3) is 0 Å². The Balaban J connectivity index is 1.62. The molecular weight excluding hydrogens is 574 g/mol. The third-order valence-electron chi connectivity index (χ3n) is 5.86. The van der Waals surface area contributed by atoms with Gasteiger partial charge in [0, 0.05) is 37.3 Å². The first-order valence-corrected chi connectivity index (χ1v) is 14.0. The summed E-state index contributed by atoms with van der Waals surface area (Å²) in [5, 5.41) is 2.42. The molecule has 0 aliphatic rings. The first-order chi connectivity index (χ1) is 19.9. The molecule has 3 rings (SSSR count). The number of amides is 1. The minimum absolute atomic E-state index is 0.0286. The van der Waals surface area contributed by atoms with E-state index in [4.69, 9.17) is 37.4 Å². The number of carbonyl (C=O) groups excluding carboxylic acids is 3. The van der Waals surface area contributed by atoms with E-state index in [9.17, 15) is 18.8 Å². The van der Waals surface area contributed by atoms with Gasteiger partial charge < -0.3 is 24.4 Å². The van der Waals surface area contributed by atoms with Gasteiger partial charge in [0.15, 0.2) is 0 Å². The second kappa shape index (κ2) is 17.1. The molecule has 0 spiro atoms. The smallest absolute Gasteiger partial charge is 0.413 e. The van der Waals surface area contributed by atoms with Crippen LogP contribution in [0.15, 0.2) is 78.9 Å². The second-order valence-corrected chi connectivity index (χ2v) is 9.60. The molecule has 218 valence electrons. The molecule has 0 aromatic heterocycles. The van der Waals surface area contributed by atoms with Crippen LogP contribution in [0.3, 0.4) is 0 Å². The van der Waals surface area contributed by atoms with Gasteiger partial charge >= 0.3 is 18.0 Å². The fourth-order valence-electron chi connectivity index (χ4n) is 3.79. The summed E-state index contributed by atoms with van der Waals surface area (Å²) in [5.41, 5.74) is 1.82. The number of rotatable bonds is 15. The van der Waals surface area contributed by atoms with Crippen molar-refractivity contribution in [2.45, 2.75) is 32.1 Å². The summed E-state index contributed by atoms with van der Waals surface area (Å²) in [6, 6.07) is 20.8. The zero-order valence-corrected chi connectivity index (χ0v) is 23.8. The number of ether oxygens (including phenoxy) is 3. The Labute approximate surface area is 248 Å². The highest BCUT2D eigenvalue weighted by Crippen LogP contribution is 2.24. The molecule has 1 amide bonds. The summed E-state index contributed by atoms with van der Waals surface area (Å²) in [6.07, 6.45) is -1.29. The lowest BCUT2D eigenvalue weighted by atomic mass is 10.1. The van der Waals surface area contributed by atoms with E-state index in [2.05, 4.69) is 5.32 Å². The molecule has 3 aromatic carbocycles. The number of anilines is 1. The van der Waals surface area contributed by atoms with Crippen molar-refractivity contribution in [3.05, 3.63) is 95.8 Å². The maximum absolute atomic E-state index is 14.8. The number of benzene rings is 3. The van der Waals surface area contributed by atoms with Crippen LogP contribution in [0.1, 0.15) is 24.0 Å². The van der Waals surface area contributed by atoms with Crippen molar-refractivity contribution >= 4 is 46.9 Å². The van der Waals surface area contributed by atoms with E-state index < -0.39 is 29.9 Å². The van der Waals surface area contributed by atoms with Gasteiger partial charge in [0.2, 0.25) is 0 Å². The summed E-state index contributed by atoms with van der Waals surface area (Å²) in [5.74, 6) is -1.48. The predicted octanol–water partition coefficient (Wildman–Crippen LogP) is 5.83. The molecule has 0 fully saturated rings. The molecule has 0 radical (unpaired) electrons. The molecule has 0 heterocycles. The van der Waals surface area contributed by atoms with E-state index in [0.717, 1.165) is 17.2 Å². The van der Waals surface area contributed by atoms with Gasteiger partial charge in [-0.05, 0) is 29.7 Å². The van der Waals surface area contributed by atoms with Crippen LogP contribution in [0.2, 0.25) is 0 Å². The van der Waals surface area contributed by atoms with Crippen LogP contribution in [0, 0.1) is 5.82 Å². The number of nitrogens with one attached hydrogen (secondary N) is 1. The Morgan fingerprint density at radius 2 is 1.41 bits per heavy atom. The minimum atomic E-state index is -1.22. The summed E-state index contributed by atoms with van der Waals surface area (Å²) in [4.78, 5) is 39.5. The Morgan fingerprint density at radius 3 is 1.98 bits per heavy atom. The summed E-state index contributed by atoms with van der Waals surface area (Å²) in [6.45, 7) is 0.811. The third kappa shape index (κ3) is 10.9. The summed E-state index contributed by atoms with van der Waals surface area (Å²) >= 11 is 11.6. The molecule has 0 bridgehead atoms. The first kappa shape index (κ1) is 31.7. The van der Waals surface area contributed by atoms with E-state index in [1.54, 1.807) is 29.2 Å². The van der Waals surface area contributed by atoms with Crippen LogP contribution >= 0.6 is 23.2 Å². The topological polar surface area (TPSA) is 94.2 Å². The molecule has 0 saturated heterocycles. The van der Waals surface area contributed by atoms with Crippen molar-refractivity contribution in [1.82, 2.24) is 5.32 Å². The zero-order valence-electron chi connectivity index (χ0n) is 22.3. The molecule has 41 heavy (non-hydrogen) atoms. The Kier molecular flexibility index (Phi) is 13.2. The zero-order chi connectivity index (χ0) is 29.5. The van der Waals surface area contributed by atoms with Gasteiger partial charge in [-0.1, -0.05) is 60.7 Å². The van der Waals surface area contributed by atoms with E-state index in [1.165, 1.54) is 12.1 Å². The highest BCUT2D eigenvalue weighted by Gasteiger charge is 2.25. The Bertz CT molecular complexity index is 1260. The summed E-state index contributed by atoms with van der Waals surface area (Å²) < 4.78 is 30.6. The molecule has 1 atom stereocenters. The average molecular weight is 605 g/mol. The normalized spacial score (nSPS) is 11.3. The van der Waals surface area contributed by atoms with Crippen molar-refractivity contribution < 1.29 is 33.0 Å². The van der Waals surface area contributed by atoms with Crippen molar-refractivity contribution in [3.63, 3.8) is 0 Å². The van der Waals surface area contributed by atoms with Gasteiger partial charge in [0.25, 0.3) is 0 Å². The van der Waals surface area contributed by atoms with Gasteiger partial charge in [0.05, 0.1) is 5.69 Å². The fraction of sp³-hybridized carbons (Fsp3) is 0.300. The van der Waals surface area contributed by atoms with E-state index >= 15 is 0 Å². The molecular formula is C30H31Cl2FN2O6. The van der Waals surface area contributed by atoms with Crippen LogP contribution < -0.4 is 15.0 Å². The van der Waals surface area contributed by atoms with Gasteiger partial charge in [-0.2, -0.15) is 0 Å². The molecule has 11 heteroatoms. The van der Waals surface area contributed by atoms with E-state index in [0.29, 0.717) is 13.1 Å². The van der Waals surface area contributed by atoms with Crippen LogP contribution in [-0.4, -0.2) is 48.9 Å². The molecule has 1 N–H and O–H groups in total. The molecule has 0 unspecified atom stereocenters. The lowest BCUT2D eigenvalue weighted by Gasteiger charge is -2.23. The maximum atomic E-state index is 14.8. The average Bonchev–Trinajstić information content (AvgIpc) is 2.98. The summed E-state index contributed by atoms with van der Waals surface area (Å²) in [7, 11) is 0. The number of nitrogens with zero attached hydrogens (tertiary/aromatic N) is 1. The van der Waals surface area contributed by atoms with Crippen molar-refractivity contribution in [1.29, 1.82) is 0 Å². The SMILES string of the molecule is O=C(CC[C@H](NC(=O)Oc1ccc(N(CCCl)CCCl)c(F)c1)C(=O)OCc1ccccc1)OCc1ccccc1. The first-order valence-electron chi connectivity index (χ1n) is 12.9. The van der Waals surface area contributed by atoms with Gasteiger partial charge in [-0.15, -0.1) is 23.2 Å². The monoisotopic (exact) mass is 604 g/mol. The fourth-order valence-corrected chi connectivity index (χ4v) is 4.20. The van der Waals surface area contributed by atoms with Gasteiger partial charge in [-0.25, -0.2) is 14.0 Å². The number of carbonyl (C=O) groups is 3. The largest absolute Gasteiger partial charge is 0.461 e. The molecule has 0 saturated carbocycles. The highest BCUT2D eigenvalue weighted by atomic mass is 35.5. The van der Waals surface area contributed by atoms with Crippen LogP contribution in [0.4, 0.5) is 14.9 Å². The quantitative estimate of drug-likeness (QED) is 0.172. The van der Waals surface area contributed by atoms with Crippen LogP contribution in [0.5, 0.6) is 5.75 Å². The molecule has 8 nitrogen and oxygen atoms in total. The number of alkyl halides is 2. The molecule has 0 aliphatic heterocycles. The van der Waals surface area contributed by atoms with Crippen molar-refractivity contribution in [3.8, 4) is 5.75 Å². The van der Waals surface area contributed by atoms with Gasteiger partial charge in [-0.3, -0.25) is 4.79 Å². The van der Waals surface area contributed by atoms with Crippen molar-refractivity contribution in [2.24, 2.45) is 0 Å². The maximum Gasteiger partial charge on any atom is 0.413 e.